The topological polar surface area (TPSA) is 3.24 Å². The summed E-state index contributed by atoms with van der Waals surface area (Å²) < 4.78 is 0. The lowest BCUT2D eigenvalue weighted by molar-refractivity contribution is 0.660. The van der Waals surface area contributed by atoms with Crippen LogP contribution < -0.4 is 4.90 Å². The van der Waals surface area contributed by atoms with Crippen LogP contribution in [0.25, 0.3) is 55.6 Å². The van der Waals surface area contributed by atoms with E-state index in [9.17, 15) is 0 Å². The molecule has 10 aromatic rings. The van der Waals surface area contributed by atoms with Gasteiger partial charge in [-0.25, -0.2) is 0 Å². The zero-order chi connectivity index (χ0) is 45.8. The number of hydrogen-bond donors (Lipinski definition) is 0. The second kappa shape index (κ2) is 15.0. The molecule has 0 saturated heterocycles. The Kier molecular flexibility index (Phi) is 8.89. The molecule has 0 N–H and O–H groups in total. The fourth-order valence-corrected chi connectivity index (χ4v) is 12.4. The summed E-state index contributed by atoms with van der Waals surface area (Å²) in [5, 5.41) is 0. The van der Waals surface area contributed by atoms with Crippen LogP contribution in [0.2, 0.25) is 0 Å². The predicted octanol–water partition coefficient (Wildman–Crippen LogP) is 17.5. The molecule has 0 atom stereocenters. The number of anilines is 3. The van der Waals surface area contributed by atoms with Crippen LogP contribution in [0.4, 0.5) is 17.1 Å². The Balaban J connectivity index is 0.971. The fraction of sp³-hybridized carbons (Fsp3) is 0.104. The molecule has 1 nitrogen and oxygen atoms in total. The van der Waals surface area contributed by atoms with E-state index < -0.39 is 5.41 Å². The minimum absolute atomic E-state index is 0.142. The van der Waals surface area contributed by atoms with Gasteiger partial charge in [-0.2, -0.15) is 0 Å². The Morgan fingerprint density at radius 2 is 0.618 bits per heavy atom. The molecule has 0 bridgehead atoms. The molecule has 0 radical (unpaired) electrons. The van der Waals surface area contributed by atoms with Crippen molar-refractivity contribution in [3.8, 4) is 55.6 Å². The van der Waals surface area contributed by atoms with Crippen LogP contribution in [-0.4, -0.2) is 0 Å². The van der Waals surface area contributed by atoms with E-state index >= 15 is 0 Å². The monoisotopic (exact) mass is 869 g/mol. The molecule has 0 aliphatic heterocycles. The van der Waals surface area contributed by atoms with Crippen molar-refractivity contribution in [2.75, 3.05) is 4.90 Å². The number of rotatable bonds is 7. The van der Waals surface area contributed by atoms with Gasteiger partial charge in [0, 0.05) is 27.9 Å². The average Bonchev–Trinajstić information content (AvgIpc) is 3.91. The summed E-state index contributed by atoms with van der Waals surface area (Å²) in [6.07, 6.45) is 0. The maximum atomic E-state index is 2.52. The molecule has 0 fully saturated rings. The Morgan fingerprint density at radius 3 is 1.21 bits per heavy atom. The summed E-state index contributed by atoms with van der Waals surface area (Å²) in [6.45, 7) is 9.57. The van der Waals surface area contributed by atoms with Gasteiger partial charge in [0.1, 0.15) is 0 Å². The zero-order valence-electron chi connectivity index (χ0n) is 39.0. The summed E-state index contributed by atoms with van der Waals surface area (Å²) in [5.74, 6) is 0. The van der Waals surface area contributed by atoms with E-state index in [0.717, 1.165) is 17.1 Å². The number of nitrogens with zero attached hydrogens (tertiary/aromatic N) is 1. The summed E-state index contributed by atoms with van der Waals surface area (Å²) in [7, 11) is 0. The van der Waals surface area contributed by atoms with Gasteiger partial charge < -0.3 is 4.90 Å². The SMILES string of the molecule is CC1(C)c2ccccc2-c2ccc(N(c3ccc4c(c3)-c3ccccc3C4(c3ccccc3)c3ccccc3)c3ccc4c(c3)C(C)(C)c3cc(-c5ccc(-c6ccccc6)cc5)ccc3-4)cc21. The van der Waals surface area contributed by atoms with Crippen molar-refractivity contribution >= 4 is 17.1 Å². The standard InChI is InChI=1S/C67H51N/c1-65(2)59-26-16-14-24-53(59)56-37-33-51(42-63(56)65)68(50-35-39-61-58(41-50)54-25-15-17-27-60(54)67(61,48-20-10-6-11-21-48)49-22-12-7-13-23-49)52-34-38-57-55-36-32-47(40-62(55)66(3,4)64(57)43-52)46-30-28-45(29-31-46)44-18-8-5-9-19-44/h5-43H,1-4H3. The fourth-order valence-electron chi connectivity index (χ4n) is 12.4. The summed E-state index contributed by atoms with van der Waals surface area (Å²) >= 11 is 0. The molecule has 0 amide bonds. The summed E-state index contributed by atoms with van der Waals surface area (Å²) in [5.41, 5.74) is 26.0. The van der Waals surface area contributed by atoms with E-state index in [-0.39, 0.29) is 10.8 Å². The zero-order valence-corrected chi connectivity index (χ0v) is 39.0. The molecule has 13 rings (SSSR count). The first-order valence-corrected chi connectivity index (χ1v) is 24.1. The third kappa shape index (κ3) is 5.82. The highest BCUT2D eigenvalue weighted by atomic mass is 15.1. The van der Waals surface area contributed by atoms with Crippen LogP contribution in [-0.2, 0) is 16.2 Å². The molecule has 0 saturated carbocycles. The average molecular weight is 870 g/mol. The molecule has 324 valence electrons. The van der Waals surface area contributed by atoms with Crippen molar-refractivity contribution in [1.29, 1.82) is 0 Å². The third-order valence-electron chi connectivity index (χ3n) is 15.8. The van der Waals surface area contributed by atoms with Crippen LogP contribution >= 0.6 is 0 Å². The van der Waals surface area contributed by atoms with Gasteiger partial charge in [-0.05, 0) is 143 Å². The lowest BCUT2D eigenvalue weighted by atomic mass is 9.68. The lowest BCUT2D eigenvalue weighted by Gasteiger charge is -2.34. The Hall–Kier alpha value is -8.00. The molecule has 1 heteroatoms. The van der Waals surface area contributed by atoms with Gasteiger partial charge in [0.15, 0.2) is 0 Å². The Labute approximate surface area is 400 Å². The highest BCUT2D eigenvalue weighted by Crippen LogP contribution is 2.58. The van der Waals surface area contributed by atoms with E-state index in [2.05, 4.69) is 269 Å². The van der Waals surface area contributed by atoms with Crippen molar-refractivity contribution in [3.63, 3.8) is 0 Å². The first-order valence-electron chi connectivity index (χ1n) is 24.1. The van der Waals surface area contributed by atoms with Gasteiger partial charge in [-0.1, -0.05) is 222 Å². The molecule has 3 aliphatic rings. The first kappa shape index (κ1) is 40.3. The van der Waals surface area contributed by atoms with Crippen LogP contribution in [0.5, 0.6) is 0 Å². The first-order chi connectivity index (χ1) is 33.2. The summed E-state index contributed by atoms with van der Waals surface area (Å²) in [4.78, 5) is 2.52. The molecular weight excluding hydrogens is 819 g/mol. The molecule has 0 heterocycles. The minimum atomic E-state index is -0.465. The van der Waals surface area contributed by atoms with Crippen molar-refractivity contribution in [1.82, 2.24) is 0 Å². The van der Waals surface area contributed by atoms with E-state index in [4.69, 9.17) is 0 Å². The Bertz CT molecular complexity index is 3560. The highest BCUT2D eigenvalue weighted by molar-refractivity contribution is 5.93. The second-order valence-corrected chi connectivity index (χ2v) is 20.1. The molecular formula is C67H51N. The van der Waals surface area contributed by atoms with Gasteiger partial charge in [0.2, 0.25) is 0 Å². The van der Waals surface area contributed by atoms with E-state index in [0.29, 0.717) is 0 Å². The third-order valence-corrected chi connectivity index (χ3v) is 15.8. The predicted molar refractivity (Wildman–Crippen MR) is 284 cm³/mol. The summed E-state index contributed by atoms with van der Waals surface area (Å²) in [6, 6.07) is 88.7. The van der Waals surface area contributed by atoms with E-state index in [1.54, 1.807) is 0 Å². The lowest BCUT2D eigenvalue weighted by Crippen LogP contribution is -2.28. The van der Waals surface area contributed by atoms with Crippen molar-refractivity contribution < 1.29 is 0 Å². The van der Waals surface area contributed by atoms with Crippen molar-refractivity contribution in [2.24, 2.45) is 0 Å². The van der Waals surface area contributed by atoms with Gasteiger partial charge in [0.25, 0.3) is 0 Å². The van der Waals surface area contributed by atoms with Gasteiger partial charge in [-0.3, -0.25) is 0 Å². The molecule has 3 aliphatic carbocycles. The number of benzene rings is 10. The van der Waals surface area contributed by atoms with E-state index in [1.165, 1.54) is 100 Å². The largest absolute Gasteiger partial charge is 0.310 e. The van der Waals surface area contributed by atoms with E-state index in [1.807, 2.05) is 0 Å². The van der Waals surface area contributed by atoms with Crippen LogP contribution in [0.1, 0.15) is 72.2 Å². The second-order valence-electron chi connectivity index (χ2n) is 20.1. The van der Waals surface area contributed by atoms with Gasteiger partial charge in [0.05, 0.1) is 5.41 Å². The molecule has 10 aromatic carbocycles. The number of hydrogen-bond acceptors (Lipinski definition) is 1. The smallest absolute Gasteiger partial charge is 0.0713 e. The molecule has 0 aromatic heterocycles. The van der Waals surface area contributed by atoms with Gasteiger partial charge in [-0.15, -0.1) is 0 Å². The van der Waals surface area contributed by atoms with Gasteiger partial charge >= 0.3 is 0 Å². The van der Waals surface area contributed by atoms with Crippen LogP contribution in [0, 0.1) is 0 Å². The minimum Gasteiger partial charge on any atom is -0.310 e. The molecule has 0 unspecified atom stereocenters. The molecule has 0 spiro atoms. The van der Waals surface area contributed by atoms with Crippen molar-refractivity contribution in [2.45, 2.75) is 43.9 Å². The Morgan fingerprint density at radius 1 is 0.250 bits per heavy atom. The van der Waals surface area contributed by atoms with Crippen molar-refractivity contribution in [3.05, 3.63) is 281 Å². The maximum absolute atomic E-state index is 2.52. The quantitative estimate of drug-likeness (QED) is 0.154. The maximum Gasteiger partial charge on any atom is 0.0713 e. The highest BCUT2D eigenvalue weighted by Gasteiger charge is 2.46. The molecule has 68 heavy (non-hydrogen) atoms. The number of fused-ring (bicyclic) bond motifs is 9. The normalized spacial score (nSPS) is 14.8. The van der Waals surface area contributed by atoms with Crippen LogP contribution in [0.3, 0.4) is 0 Å². The van der Waals surface area contributed by atoms with Crippen LogP contribution in [0.15, 0.2) is 237 Å².